The van der Waals surface area contributed by atoms with Crippen molar-refractivity contribution in [3.05, 3.63) is 22.2 Å². The molecule has 112 valence electrons. The zero-order valence-corrected chi connectivity index (χ0v) is 13.6. The van der Waals surface area contributed by atoms with Gasteiger partial charge in [0.05, 0.1) is 7.11 Å². The van der Waals surface area contributed by atoms with Crippen LogP contribution in [0.1, 0.15) is 25.8 Å². The second-order valence-corrected chi connectivity index (χ2v) is 5.68. The van der Waals surface area contributed by atoms with Crippen LogP contribution in [0.25, 0.3) is 0 Å². The Balaban J connectivity index is 2.46. The summed E-state index contributed by atoms with van der Waals surface area (Å²) in [6.07, 6.45) is 0.407. The fourth-order valence-electron chi connectivity index (χ4n) is 1.74. The number of carbonyl (C=O) groups excluding carboxylic acids is 1. The van der Waals surface area contributed by atoms with E-state index in [1.54, 1.807) is 6.07 Å². The number of methoxy groups -OCH3 is 1. The molecule has 0 spiro atoms. The van der Waals surface area contributed by atoms with E-state index in [9.17, 15) is 9.90 Å². The Labute approximate surface area is 127 Å². The van der Waals surface area contributed by atoms with Crippen LogP contribution in [0, 0.1) is 0 Å². The number of carbonyl (C=O) groups is 1. The number of ether oxygens (including phenoxy) is 1. The van der Waals surface area contributed by atoms with E-state index in [4.69, 9.17) is 4.74 Å². The lowest BCUT2D eigenvalue weighted by Gasteiger charge is -2.11. The van der Waals surface area contributed by atoms with Gasteiger partial charge >= 0.3 is 0 Å². The second kappa shape index (κ2) is 8.11. The van der Waals surface area contributed by atoms with Crippen LogP contribution in [-0.4, -0.2) is 30.7 Å². The van der Waals surface area contributed by atoms with E-state index in [0.717, 1.165) is 10.0 Å². The van der Waals surface area contributed by atoms with E-state index in [2.05, 4.69) is 26.6 Å². The summed E-state index contributed by atoms with van der Waals surface area (Å²) in [7, 11) is 1.51. The van der Waals surface area contributed by atoms with E-state index < -0.39 is 0 Å². The summed E-state index contributed by atoms with van der Waals surface area (Å²) in [4.78, 5) is 11.5. The Morgan fingerprint density at radius 3 is 2.75 bits per heavy atom. The SMILES string of the molecule is COc1cc(Br)cc(CNCCC(=O)NC(C)C)c1O. The van der Waals surface area contributed by atoms with Crippen molar-refractivity contribution < 1.29 is 14.6 Å². The lowest BCUT2D eigenvalue weighted by atomic mass is 10.2. The minimum atomic E-state index is 0.0172. The summed E-state index contributed by atoms with van der Waals surface area (Å²) in [5.74, 6) is 0.562. The minimum Gasteiger partial charge on any atom is -0.504 e. The standard InChI is InChI=1S/C14H21BrN2O3/c1-9(2)17-13(18)4-5-16-8-10-6-11(15)7-12(20-3)14(10)19/h6-7,9,16,19H,4-5,8H2,1-3H3,(H,17,18). The zero-order chi connectivity index (χ0) is 15.1. The van der Waals surface area contributed by atoms with Crippen LogP contribution >= 0.6 is 15.9 Å². The predicted octanol–water partition coefficient (Wildman–Crippen LogP) is 2.17. The molecule has 3 N–H and O–H groups in total. The number of phenolic OH excluding ortho intramolecular Hbond substituents is 1. The number of nitrogens with one attached hydrogen (secondary N) is 2. The van der Waals surface area contributed by atoms with Crippen LogP contribution in [0.5, 0.6) is 11.5 Å². The lowest BCUT2D eigenvalue weighted by Crippen LogP contribution is -2.32. The molecule has 0 unspecified atom stereocenters. The van der Waals surface area contributed by atoms with Crippen LogP contribution in [-0.2, 0) is 11.3 Å². The zero-order valence-electron chi connectivity index (χ0n) is 12.0. The van der Waals surface area contributed by atoms with Crippen molar-refractivity contribution in [3.8, 4) is 11.5 Å². The Morgan fingerprint density at radius 1 is 1.45 bits per heavy atom. The monoisotopic (exact) mass is 344 g/mol. The highest BCUT2D eigenvalue weighted by Crippen LogP contribution is 2.33. The number of aromatic hydroxyl groups is 1. The average molecular weight is 345 g/mol. The number of phenols is 1. The van der Waals surface area contributed by atoms with E-state index in [-0.39, 0.29) is 17.7 Å². The molecule has 0 atom stereocenters. The third kappa shape index (κ3) is 5.38. The van der Waals surface area contributed by atoms with Crippen LogP contribution in [0.15, 0.2) is 16.6 Å². The van der Waals surface area contributed by atoms with Gasteiger partial charge in [-0.2, -0.15) is 0 Å². The molecule has 1 aromatic carbocycles. The summed E-state index contributed by atoms with van der Waals surface area (Å²) in [6, 6.07) is 3.68. The van der Waals surface area contributed by atoms with Crippen molar-refractivity contribution in [2.24, 2.45) is 0 Å². The third-order valence-corrected chi connectivity index (χ3v) is 3.09. The minimum absolute atomic E-state index is 0.0172. The maximum absolute atomic E-state index is 11.5. The molecule has 1 aromatic rings. The molecule has 0 heterocycles. The number of halogens is 1. The summed E-state index contributed by atoms with van der Waals surface area (Å²) >= 11 is 3.36. The van der Waals surface area contributed by atoms with Crippen LogP contribution in [0.3, 0.4) is 0 Å². The molecule has 20 heavy (non-hydrogen) atoms. The molecule has 6 heteroatoms. The maximum Gasteiger partial charge on any atom is 0.221 e. The van der Waals surface area contributed by atoms with E-state index in [0.29, 0.717) is 25.3 Å². The van der Waals surface area contributed by atoms with Gasteiger partial charge < -0.3 is 20.5 Å². The molecule has 0 aliphatic carbocycles. The molecule has 0 fully saturated rings. The summed E-state index contributed by atoms with van der Waals surface area (Å²) in [5.41, 5.74) is 0.723. The van der Waals surface area contributed by atoms with E-state index in [1.165, 1.54) is 7.11 Å². The highest BCUT2D eigenvalue weighted by molar-refractivity contribution is 9.10. The van der Waals surface area contributed by atoms with Gasteiger partial charge in [-0.1, -0.05) is 15.9 Å². The van der Waals surface area contributed by atoms with Crippen LogP contribution < -0.4 is 15.4 Å². The fourth-order valence-corrected chi connectivity index (χ4v) is 2.22. The van der Waals surface area contributed by atoms with Gasteiger partial charge in [0.2, 0.25) is 5.91 Å². The van der Waals surface area contributed by atoms with Gasteiger partial charge in [-0.05, 0) is 26.0 Å². The number of benzene rings is 1. The Hall–Kier alpha value is -1.27. The van der Waals surface area contributed by atoms with Crippen molar-refractivity contribution in [1.29, 1.82) is 0 Å². The second-order valence-electron chi connectivity index (χ2n) is 4.76. The molecule has 0 radical (unpaired) electrons. The molecule has 0 aliphatic heterocycles. The van der Waals surface area contributed by atoms with Gasteiger partial charge in [-0.15, -0.1) is 0 Å². The van der Waals surface area contributed by atoms with Gasteiger partial charge in [0.25, 0.3) is 0 Å². The maximum atomic E-state index is 11.5. The largest absolute Gasteiger partial charge is 0.504 e. The Morgan fingerprint density at radius 2 is 2.15 bits per heavy atom. The van der Waals surface area contributed by atoms with E-state index >= 15 is 0 Å². The highest BCUT2D eigenvalue weighted by Gasteiger charge is 2.09. The average Bonchev–Trinajstić information content (AvgIpc) is 2.37. The number of amides is 1. The van der Waals surface area contributed by atoms with Crippen LogP contribution in [0.2, 0.25) is 0 Å². The Kier molecular flexibility index (Phi) is 6.81. The molecule has 5 nitrogen and oxygen atoms in total. The normalized spacial score (nSPS) is 10.7. The van der Waals surface area contributed by atoms with Crippen molar-refractivity contribution >= 4 is 21.8 Å². The molecule has 0 aliphatic rings. The van der Waals surface area contributed by atoms with Crippen molar-refractivity contribution in [2.75, 3.05) is 13.7 Å². The first-order chi connectivity index (χ1) is 9.43. The smallest absolute Gasteiger partial charge is 0.221 e. The highest BCUT2D eigenvalue weighted by atomic mass is 79.9. The molecule has 0 saturated carbocycles. The van der Waals surface area contributed by atoms with Crippen molar-refractivity contribution in [3.63, 3.8) is 0 Å². The molecule has 1 rings (SSSR count). The lowest BCUT2D eigenvalue weighted by molar-refractivity contribution is -0.121. The summed E-state index contributed by atoms with van der Waals surface area (Å²) in [6.45, 7) is 4.87. The van der Waals surface area contributed by atoms with Gasteiger partial charge in [-0.3, -0.25) is 4.79 Å². The van der Waals surface area contributed by atoms with Crippen LogP contribution in [0.4, 0.5) is 0 Å². The molecular weight excluding hydrogens is 324 g/mol. The predicted molar refractivity (Wildman–Crippen MR) is 82.0 cm³/mol. The van der Waals surface area contributed by atoms with E-state index in [1.807, 2.05) is 19.9 Å². The molecular formula is C14H21BrN2O3. The molecule has 0 saturated heterocycles. The summed E-state index contributed by atoms with van der Waals surface area (Å²) in [5, 5.41) is 15.9. The third-order valence-electron chi connectivity index (χ3n) is 2.63. The fraction of sp³-hybridized carbons (Fsp3) is 0.500. The van der Waals surface area contributed by atoms with Gasteiger partial charge in [0.1, 0.15) is 0 Å². The topological polar surface area (TPSA) is 70.6 Å². The number of rotatable bonds is 7. The number of hydrogen-bond acceptors (Lipinski definition) is 4. The number of hydrogen-bond donors (Lipinski definition) is 3. The first-order valence-corrected chi connectivity index (χ1v) is 7.28. The van der Waals surface area contributed by atoms with Gasteiger partial charge in [0, 0.05) is 35.6 Å². The van der Waals surface area contributed by atoms with Gasteiger partial charge in [0.15, 0.2) is 11.5 Å². The summed E-state index contributed by atoms with van der Waals surface area (Å²) < 4.78 is 5.92. The molecule has 1 amide bonds. The first-order valence-electron chi connectivity index (χ1n) is 6.49. The Bertz CT molecular complexity index is 464. The molecule has 0 aromatic heterocycles. The van der Waals surface area contributed by atoms with Crippen molar-refractivity contribution in [2.45, 2.75) is 32.9 Å². The van der Waals surface area contributed by atoms with Gasteiger partial charge in [-0.25, -0.2) is 0 Å². The molecule has 0 bridgehead atoms. The van der Waals surface area contributed by atoms with Crippen molar-refractivity contribution in [1.82, 2.24) is 10.6 Å². The first kappa shape index (κ1) is 16.8. The quantitative estimate of drug-likeness (QED) is 0.663.